The first-order chi connectivity index (χ1) is 19.1. The van der Waals surface area contributed by atoms with Gasteiger partial charge in [-0.2, -0.15) is 0 Å². The van der Waals surface area contributed by atoms with Crippen molar-refractivity contribution in [1.29, 1.82) is 0 Å². The van der Waals surface area contributed by atoms with Crippen molar-refractivity contribution in [2.45, 2.75) is 75.9 Å². The average molecular weight is 566 g/mol. The van der Waals surface area contributed by atoms with Crippen LogP contribution in [-0.4, -0.2) is 39.5 Å². The zero-order valence-corrected chi connectivity index (χ0v) is 25.5. The fraction of sp³-hybridized carbons (Fsp3) is 0.485. The van der Waals surface area contributed by atoms with Gasteiger partial charge in [0.05, 0.1) is 16.8 Å². The van der Waals surface area contributed by atoms with Gasteiger partial charge in [-0.15, -0.1) is 0 Å². The van der Waals surface area contributed by atoms with Crippen LogP contribution in [0, 0.1) is 5.41 Å². The smallest absolute Gasteiger partial charge is 0.179 e. The van der Waals surface area contributed by atoms with Crippen molar-refractivity contribution in [3.05, 3.63) is 83.7 Å². The number of unbranched alkanes of at least 4 members (excludes halogenated alkanes) is 2. The molecule has 0 aliphatic carbocycles. The summed E-state index contributed by atoms with van der Waals surface area (Å²) in [4.78, 5) is 2.32. The Hall–Kier alpha value is -2.90. The van der Waals surface area contributed by atoms with E-state index in [1.165, 1.54) is 0 Å². The van der Waals surface area contributed by atoms with Crippen LogP contribution in [0.5, 0.6) is 5.75 Å². The van der Waals surface area contributed by atoms with Gasteiger partial charge >= 0.3 is 0 Å². The number of ether oxygens (including phenoxy) is 1. The lowest BCUT2D eigenvalue weighted by molar-refractivity contribution is -0.671. The summed E-state index contributed by atoms with van der Waals surface area (Å²) in [6.07, 6.45) is 8.19. The summed E-state index contributed by atoms with van der Waals surface area (Å²) in [5, 5.41) is 12.3. The monoisotopic (exact) mass is 565 g/mol. The predicted molar refractivity (Wildman–Crippen MR) is 161 cm³/mol. The summed E-state index contributed by atoms with van der Waals surface area (Å²) in [5.41, 5.74) is 2.86. The molecule has 0 fully saturated rings. The molecule has 0 saturated carbocycles. The molecule has 3 aromatic rings. The zero-order chi connectivity index (χ0) is 28.9. The van der Waals surface area contributed by atoms with E-state index < -0.39 is 27.3 Å². The van der Waals surface area contributed by atoms with Crippen LogP contribution in [0.2, 0.25) is 0 Å². The molecule has 7 heteroatoms. The Balaban J connectivity index is 1.78. The molecule has 1 aromatic heterocycles. The van der Waals surface area contributed by atoms with Crippen LogP contribution in [0.1, 0.15) is 75.0 Å². The van der Waals surface area contributed by atoms with Gasteiger partial charge in [-0.1, -0.05) is 51.7 Å². The first-order valence-corrected chi connectivity index (χ1v) is 16.1. The van der Waals surface area contributed by atoms with Crippen LogP contribution < -0.4 is 14.2 Å². The number of aromatic nitrogens is 1. The number of aliphatic hydroxyl groups is 1. The van der Waals surface area contributed by atoms with Crippen LogP contribution in [-0.2, 0) is 23.5 Å². The summed E-state index contributed by atoms with van der Waals surface area (Å²) in [5.74, 6) is 0.240. The third kappa shape index (κ3) is 6.52. The summed E-state index contributed by atoms with van der Waals surface area (Å²) in [6, 6.07) is 17.5. The molecule has 216 valence electrons. The molecule has 0 unspecified atom stereocenters. The number of anilines is 1. The van der Waals surface area contributed by atoms with Crippen molar-refractivity contribution < 1.29 is 22.8 Å². The number of nitrogens with zero attached hydrogens (tertiary/aromatic N) is 2. The van der Waals surface area contributed by atoms with E-state index in [4.69, 9.17) is 4.74 Å². The van der Waals surface area contributed by atoms with Crippen LogP contribution in [0.4, 0.5) is 5.69 Å². The highest BCUT2D eigenvalue weighted by Gasteiger charge is 2.49. The number of hydrogen-bond acceptors (Lipinski definition) is 5. The highest BCUT2D eigenvalue weighted by molar-refractivity contribution is 7.91. The largest absolute Gasteiger partial charge is 0.489 e. The lowest BCUT2D eigenvalue weighted by atomic mass is 9.68. The predicted octanol–water partition coefficient (Wildman–Crippen LogP) is 5.80. The Morgan fingerprint density at radius 3 is 2.17 bits per heavy atom. The fourth-order valence-electron chi connectivity index (χ4n) is 5.96. The average Bonchev–Trinajstić information content (AvgIpc) is 3.01. The van der Waals surface area contributed by atoms with Crippen molar-refractivity contribution in [1.82, 2.24) is 0 Å². The van der Waals surface area contributed by atoms with Gasteiger partial charge in [0.25, 0.3) is 0 Å². The lowest BCUT2D eigenvalue weighted by Gasteiger charge is -2.40. The van der Waals surface area contributed by atoms with Crippen molar-refractivity contribution in [2.75, 3.05) is 24.7 Å². The van der Waals surface area contributed by atoms with Crippen LogP contribution >= 0.6 is 0 Å². The van der Waals surface area contributed by atoms with Gasteiger partial charge in [0, 0.05) is 48.8 Å². The van der Waals surface area contributed by atoms with Crippen molar-refractivity contribution in [3.8, 4) is 5.75 Å². The molecule has 0 radical (unpaired) electrons. The van der Waals surface area contributed by atoms with Crippen molar-refractivity contribution in [2.24, 2.45) is 12.5 Å². The molecule has 2 atom stereocenters. The third-order valence-electron chi connectivity index (χ3n) is 8.35. The quantitative estimate of drug-likeness (QED) is 0.298. The Morgan fingerprint density at radius 2 is 1.60 bits per heavy atom. The molecule has 0 spiro atoms. The highest BCUT2D eigenvalue weighted by Crippen LogP contribution is 2.50. The Kier molecular flexibility index (Phi) is 9.57. The molecule has 0 amide bonds. The topological polar surface area (TPSA) is 70.7 Å². The summed E-state index contributed by atoms with van der Waals surface area (Å²) < 4.78 is 36.0. The van der Waals surface area contributed by atoms with Crippen LogP contribution in [0.3, 0.4) is 0 Å². The molecule has 6 nitrogen and oxygen atoms in total. The number of aliphatic hydroxyl groups excluding tert-OH is 1. The number of fused-ring (bicyclic) bond motifs is 1. The van der Waals surface area contributed by atoms with E-state index in [1.807, 2.05) is 91.5 Å². The number of hydrogen-bond donors (Lipinski definition) is 1. The molecule has 2 heterocycles. The number of pyridine rings is 1. The SMILES string of the molecule is CCCCC1(CCCC)CS(=O)(=O)c2ccc(N(C)C)cc2[C@@H](c2ccc(OCc3cc[n+](C)cc3)cc2)[C@H]1O. The van der Waals surface area contributed by atoms with E-state index in [0.717, 1.165) is 48.2 Å². The van der Waals surface area contributed by atoms with Crippen LogP contribution in [0.15, 0.2) is 71.9 Å². The van der Waals surface area contributed by atoms with E-state index in [-0.39, 0.29) is 5.75 Å². The molecule has 1 aliphatic rings. The zero-order valence-electron chi connectivity index (χ0n) is 24.6. The molecule has 2 aromatic carbocycles. The Morgan fingerprint density at radius 1 is 0.975 bits per heavy atom. The Labute approximate surface area is 240 Å². The van der Waals surface area contributed by atoms with E-state index in [1.54, 1.807) is 6.07 Å². The molecule has 0 bridgehead atoms. The van der Waals surface area contributed by atoms with Gasteiger partial charge in [0.1, 0.15) is 19.4 Å². The maximum atomic E-state index is 14.0. The molecule has 1 aliphatic heterocycles. The van der Waals surface area contributed by atoms with Gasteiger partial charge in [-0.05, 0) is 54.3 Å². The number of benzene rings is 2. The highest BCUT2D eigenvalue weighted by atomic mass is 32.2. The van der Waals surface area contributed by atoms with Gasteiger partial charge in [0.15, 0.2) is 22.2 Å². The van der Waals surface area contributed by atoms with Crippen molar-refractivity contribution >= 4 is 15.5 Å². The van der Waals surface area contributed by atoms with Crippen molar-refractivity contribution in [3.63, 3.8) is 0 Å². The second-order valence-electron chi connectivity index (χ2n) is 11.6. The Bertz CT molecular complexity index is 1360. The first kappa shape index (κ1) is 30.1. The van der Waals surface area contributed by atoms with Gasteiger partial charge in [-0.25, -0.2) is 13.0 Å². The molecular weight excluding hydrogens is 520 g/mol. The van der Waals surface area contributed by atoms with E-state index in [0.29, 0.717) is 29.9 Å². The number of rotatable bonds is 11. The van der Waals surface area contributed by atoms with Gasteiger partial charge in [0.2, 0.25) is 0 Å². The second-order valence-corrected chi connectivity index (χ2v) is 13.6. The minimum Gasteiger partial charge on any atom is -0.489 e. The van der Waals surface area contributed by atoms with E-state index >= 15 is 0 Å². The number of aryl methyl sites for hydroxylation is 1. The van der Waals surface area contributed by atoms with E-state index in [9.17, 15) is 13.5 Å². The maximum Gasteiger partial charge on any atom is 0.179 e. The maximum absolute atomic E-state index is 14.0. The lowest BCUT2D eigenvalue weighted by Crippen LogP contribution is -2.43. The molecular formula is C33H45N2O4S+. The molecule has 40 heavy (non-hydrogen) atoms. The van der Waals surface area contributed by atoms with Gasteiger partial charge < -0.3 is 14.7 Å². The second kappa shape index (κ2) is 12.7. The minimum absolute atomic E-state index is 0.0258. The van der Waals surface area contributed by atoms with Gasteiger partial charge in [-0.3, -0.25) is 0 Å². The van der Waals surface area contributed by atoms with Crippen LogP contribution in [0.25, 0.3) is 0 Å². The van der Waals surface area contributed by atoms with E-state index in [2.05, 4.69) is 13.8 Å². The molecule has 4 rings (SSSR count). The molecule has 1 N–H and O–H groups in total. The third-order valence-corrected chi connectivity index (χ3v) is 10.3. The summed E-state index contributed by atoms with van der Waals surface area (Å²) in [7, 11) is 2.26. The fourth-order valence-corrected chi connectivity index (χ4v) is 8.15. The summed E-state index contributed by atoms with van der Waals surface area (Å²) >= 11 is 0. The normalized spacial score (nSPS) is 19.4. The summed E-state index contributed by atoms with van der Waals surface area (Å²) in [6.45, 7) is 4.69. The number of sulfone groups is 1. The standard InChI is InChI=1S/C33H45N2O4S/c1-6-8-18-33(19-9-7-2)24-40(37,38)30-15-12-27(34(3)4)22-29(30)31(32(33)36)26-10-13-28(14-11-26)39-23-25-16-20-35(5)21-17-25/h10-17,20-22,31-32,36H,6-9,18-19,23-24H2,1-5H3/q+1/t31-,32-/m1/s1. The first-order valence-electron chi connectivity index (χ1n) is 14.5. The molecule has 0 saturated heterocycles. The minimum atomic E-state index is -3.62.